The Hall–Kier alpha value is -1.59. The summed E-state index contributed by atoms with van der Waals surface area (Å²) in [6.45, 7) is 6.76. The van der Waals surface area contributed by atoms with Crippen molar-refractivity contribution in [2.75, 3.05) is 0 Å². The van der Waals surface area contributed by atoms with E-state index in [2.05, 4.69) is 39.7 Å². The van der Waals surface area contributed by atoms with E-state index in [4.69, 9.17) is 0 Å². The maximum Gasteiger partial charge on any atom is 0.192 e. The second kappa shape index (κ2) is 7.43. The Kier molecular flexibility index (Phi) is 5.59. The Morgan fingerprint density at radius 2 is 2.00 bits per heavy atom. The number of aryl methyl sites for hydroxylation is 1. The molecule has 118 valence electrons. The average Bonchev–Trinajstić information content (AvgIpc) is 2.77. The van der Waals surface area contributed by atoms with Crippen LogP contribution in [0.3, 0.4) is 0 Å². The van der Waals surface area contributed by atoms with Crippen LogP contribution in [0.2, 0.25) is 0 Å². The van der Waals surface area contributed by atoms with E-state index in [0.717, 1.165) is 17.6 Å². The second-order valence-corrected chi connectivity index (χ2v) is 6.17. The van der Waals surface area contributed by atoms with Crippen molar-refractivity contribution < 1.29 is 0 Å². The fourth-order valence-electron chi connectivity index (χ4n) is 2.59. The van der Waals surface area contributed by atoms with Crippen LogP contribution in [0.5, 0.6) is 0 Å². The molecule has 0 saturated heterocycles. The molecular formula is C15H28N6. The van der Waals surface area contributed by atoms with E-state index in [1.54, 1.807) is 0 Å². The summed E-state index contributed by atoms with van der Waals surface area (Å²) in [4.78, 5) is 4.67. The molecule has 0 radical (unpaired) electrons. The van der Waals surface area contributed by atoms with E-state index >= 15 is 0 Å². The summed E-state index contributed by atoms with van der Waals surface area (Å²) in [6, 6.07) is 0.908. The molecule has 1 fully saturated rings. The van der Waals surface area contributed by atoms with E-state index in [1.807, 2.05) is 18.5 Å². The average molecular weight is 292 g/mol. The van der Waals surface area contributed by atoms with Crippen LogP contribution in [0.15, 0.2) is 4.99 Å². The second-order valence-electron chi connectivity index (χ2n) is 6.17. The van der Waals surface area contributed by atoms with E-state index < -0.39 is 0 Å². The molecule has 0 spiro atoms. The lowest BCUT2D eigenvalue weighted by atomic mass is 9.96. The third kappa shape index (κ3) is 4.72. The zero-order valence-corrected chi connectivity index (χ0v) is 13.7. The molecule has 1 aliphatic carbocycles. The molecule has 1 aliphatic rings. The van der Waals surface area contributed by atoms with Gasteiger partial charge >= 0.3 is 0 Å². The minimum Gasteiger partial charge on any atom is -0.354 e. The summed E-state index contributed by atoms with van der Waals surface area (Å²) in [5.41, 5.74) is 0. The number of aromatic nitrogens is 3. The van der Waals surface area contributed by atoms with Crippen molar-refractivity contribution in [3.63, 3.8) is 0 Å². The molecule has 1 heterocycles. The standard InChI is InChI=1S/C15H28N6/c1-11(2)17-15(18-13-8-6-5-7-9-13)16-10-14-20-19-12(3)21(14)4/h11,13H,5-10H2,1-4H3,(H2,16,17,18). The first kappa shape index (κ1) is 15.8. The van der Waals surface area contributed by atoms with Crippen molar-refractivity contribution in [2.45, 2.75) is 71.5 Å². The minimum absolute atomic E-state index is 0.362. The number of guanidine groups is 1. The molecule has 21 heavy (non-hydrogen) atoms. The highest BCUT2D eigenvalue weighted by atomic mass is 15.3. The Morgan fingerprint density at radius 3 is 2.57 bits per heavy atom. The van der Waals surface area contributed by atoms with Crippen LogP contribution in [0.25, 0.3) is 0 Å². The van der Waals surface area contributed by atoms with Gasteiger partial charge in [-0.1, -0.05) is 19.3 Å². The SMILES string of the molecule is Cc1nnc(CN=C(NC(C)C)NC2CCCCC2)n1C. The molecule has 0 unspecified atom stereocenters. The molecule has 0 atom stereocenters. The van der Waals surface area contributed by atoms with Crippen LogP contribution < -0.4 is 10.6 Å². The van der Waals surface area contributed by atoms with Gasteiger partial charge in [0.1, 0.15) is 12.4 Å². The Morgan fingerprint density at radius 1 is 1.29 bits per heavy atom. The number of hydrogen-bond acceptors (Lipinski definition) is 3. The molecule has 0 amide bonds. The molecule has 1 aromatic heterocycles. The van der Waals surface area contributed by atoms with Crippen LogP contribution in [-0.4, -0.2) is 32.8 Å². The molecule has 6 heteroatoms. The number of aliphatic imine (C=N–C) groups is 1. The summed E-state index contributed by atoms with van der Waals surface area (Å²) in [7, 11) is 1.98. The summed E-state index contributed by atoms with van der Waals surface area (Å²) < 4.78 is 1.98. The molecule has 1 aromatic rings. The van der Waals surface area contributed by atoms with Gasteiger partial charge in [0, 0.05) is 19.1 Å². The van der Waals surface area contributed by atoms with E-state index in [0.29, 0.717) is 18.6 Å². The van der Waals surface area contributed by atoms with Crippen LogP contribution in [0, 0.1) is 6.92 Å². The molecule has 0 aromatic carbocycles. The molecule has 2 N–H and O–H groups in total. The first-order chi connectivity index (χ1) is 10.1. The first-order valence-corrected chi connectivity index (χ1v) is 7.98. The van der Waals surface area contributed by atoms with E-state index in [1.165, 1.54) is 32.1 Å². The maximum atomic E-state index is 4.67. The van der Waals surface area contributed by atoms with Gasteiger partial charge in [0.15, 0.2) is 11.8 Å². The fraction of sp³-hybridized carbons (Fsp3) is 0.800. The Bertz CT molecular complexity index is 471. The normalized spacial score (nSPS) is 17.3. The molecular weight excluding hydrogens is 264 g/mol. The number of nitrogens with zero attached hydrogens (tertiary/aromatic N) is 4. The summed E-state index contributed by atoms with van der Waals surface area (Å²) in [5.74, 6) is 2.69. The predicted molar refractivity (Wildman–Crippen MR) is 85.2 cm³/mol. The van der Waals surface area contributed by atoms with Crippen molar-refractivity contribution in [1.29, 1.82) is 0 Å². The smallest absolute Gasteiger partial charge is 0.192 e. The lowest BCUT2D eigenvalue weighted by Gasteiger charge is -2.26. The van der Waals surface area contributed by atoms with Crippen LogP contribution in [0.4, 0.5) is 0 Å². The number of rotatable bonds is 4. The highest BCUT2D eigenvalue weighted by Crippen LogP contribution is 2.17. The quantitative estimate of drug-likeness (QED) is 0.657. The van der Waals surface area contributed by atoms with Gasteiger partial charge < -0.3 is 15.2 Å². The van der Waals surface area contributed by atoms with E-state index in [-0.39, 0.29) is 0 Å². The summed E-state index contributed by atoms with van der Waals surface area (Å²) in [6.07, 6.45) is 6.47. The summed E-state index contributed by atoms with van der Waals surface area (Å²) >= 11 is 0. The summed E-state index contributed by atoms with van der Waals surface area (Å²) in [5, 5.41) is 15.2. The molecule has 2 rings (SSSR count). The zero-order valence-electron chi connectivity index (χ0n) is 13.7. The monoisotopic (exact) mass is 292 g/mol. The predicted octanol–water partition coefficient (Wildman–Crippen LogP) is 1.90. The van der Waals surface area contributed by atoms with Gasteiger partial charge in [-0.2, -0.15) is 0 Å². The molecule has 1 saturated carbocycles. The van der Waals surface area contributed by atoms with Crippen LogP contribution >= 0.6 is 0 Å². The Balaban J connectivity index is 2.00. The highest BCUT2D eigenvalue weighted by molar-refractivity contribution is 5.80. The van der Waals surface area contributed by atoms with Crippen molar-refractivity contribution in [3.8, 4) is 0 Å². The third-order valence-electron chi connectivity index (χ3n) is 3.93. The largest absolute Gasteiger partial charge is 0.354 e. The van der Waals surface area contributed by atoms with Gasteiger partial charge in [-0.3, -0.25) is 0 Å². The lowest BCUT2D eigenvalue weighted by molar-refractivity contribution is 0.408. The number of nitrogens with one attached hydrogen (secondary N) is 2. The highest BCUT2D eigenvalue weighted by Gasteiger charge is 2.15. The zero-order chi connectivity index (χ0) is 15.2. The van der Waals surface area contributed by atoms with Crippen molar-refractivity contribution in [2.24, 2.45) is 12.0 Å². The number of hydrogen-bond donors (Lipinski definition) is 2. The maximum absolute atomic E-state index is 4.67. The van der Waals surface area contributed by atoms with Gasteiger partial charge in [-0.15, -0.1) is 10.2 Å². The minimum atomic E-state index is 0.362. The van der Waals surface area contributed by atoms with Gasteiger partial charge in [-0.05, 0) is 33.6 Å². The van der Waals surface area contributed by atoms with Gasteiger partial charge in [-0.25, -0.2) is 4.99 Å². The fourth-order valence-corrected chi connectivity index (χ4v) is 2.59. The topological polar surface area (TPSA) is 67.1 Å². The lowest BCUT2D eigenvalue weighted by Crippen LogP contribution is -2.46. The molecule has 0 aliphatic heterocycles. The Labute approximate surface area is 127 Å². The molecule has 0 bridgehead atoms. The van der Waals surface area contributed by atoms with Crippen LogP contribution in [-0.2, 0) is 13.6 Å². The van der Waals surface area contributed by atoms with Gasteiger partial charge in [0.25, 0.3) is 0 Å². The van der Waals surface area contributed by atoms with Crippen molar-refractivity contribution in [1.82, 2.24) is 25.4 Å². The van der Waals surface area contributed by atoms with Crippen molar-refractivity contribution in [3.05, 3.63) is 11.6 Å². The first-order valence-electron chi connectivity index (χ1n) is 7.98. The van der Waals surface area contributed by atoms with E-state index in [9.17, 15) is 0 Å². The van der Waals surface area contributed by atoms with Crippen molar-refractivity contribution >= 4 is 5.96 Å². The van der Waals surface area contributed by atoms with Crippen LogP contribution in [0.1, 0.15) is 57.6 Å². The molecule has 6 nitrogen and oxygen atoms in total. The van der Waals surface area contributed by atoms with Gasteiger partial charge in [0.05, 0.1) is 0 Å². The van der Waals surface area contributed by atoms with Gasteiger partial charge in [0.2, 0.25) is 0 Å². The third-order valence-corrected chi connectivity index (χ3v) is 3.93.